The van der Waals surface area contributed by atoms with Crippen molar-refractivity contribution < 1.29 is 19.4 Å². The number of rotatable bonds is 6. The number of halogens is 1. The minimum absolute atomic E-state index is 0.0451. The highest BCUT2D eigenvalue weighted by molar-refractivity contribution is 7.20. The zero-order valence-electron chi connectivity index (χ0n) is 17.6. The number of thiophene rings is 1. The third-order valence-corrected chi connectivity index (χ3v) is 6.60. The van der Waals surface area contributed by atoms with E-state index in [0.717, 1.165) is 16.9 Å². The first kappa shape index (κ1) is 22.5. The van der Waals surface area contributed by atoms with Gasteiger partial charge in [0.05, 0.1) is 41.0 Å². The van der Waals surface area contributed by atoms with Crippen LogP contribution in [0.3, 0.4) is 0 Å². The highest BCUT2D eigenvalue weighted by atomic mass is 35.5. The van der Waals surface area contributed by atoms with Crippen molar-refractivity contribution in [2.75, 3.05) is 12.4 Å². The van der Waals surface area contributed by atoms with E-state index in [-0.39, 0.29) is 27.6 Å². The Morgan fingerprint density at radius 2 is 1.97 bits per heavy atom. The first-order valence-electron chi connectivity index (χ1n) is 9.74. The summed E-state index contributed by atoms with van der Waals surface area (Å²) in [6, 6.07) is 12.1. The molecule has 4 rings (SSSR count). The van der Waals surface area contributed by atoms with E-state index in [1.165, 1.54) is 30.1 Å². The monoisotopic (exact) mass is 483 g/mol. The van der Waals surface area contributed by atoms with Gasteiger partial charge in [-0.2, -0.15) is 0 Å². The lowest BCUT2D eigenvalue weighted by atomic mass is 10.1. The lowest BCUT2D eigenvalue weighted by Gasteiger charge is -2.11. The average molecular weight is 484 g/mol. The van der Waals surface area contributed by atoms with Crippen molar-refractivity contribution in [1.82, 2.24) is 9.55 Å². The molecule has 0 aliphatic carbocycles. The number of aromatic carboxylic acids is 1. The minimum Gasteiger partial charge on any atom is -0.496 e. The van der Waals surface area contributed by atoms with Crippen LogP contribution in [0.25, 0.3) is 10.2 Å². The van der Waals surface area contributed by atoms with E-state index in [9.17, 15) is 19.5 Å². The van der Waals surface area contributed by atoms with E-state index in [2.05, 4.69) is 10.3 Å². The van der Waals surface area contributed by atoms with Gasteiger partial charge >= 0.3 is 5.97 Å². The number of hydrogen-bond acceptors (Lipinski definition) is 6. The summed E-state index contributed by atoms with van der Waals surface area (Å²) < 4.78 is 6.60. The van der Waals surface area contributed by atoms with Gasteiger partial charge in [0.15, 0.2) is 0 Å². The Kier molecular flexibility index (Phi) is 6.17. The van der Waals surface area contributed by atoms with Crippen LogP contribution >= 0.6 is 22.9 Å². The molecule has 2 aromatic carbocycles. The summed E-state index contributed by atoms with van der Waals surface area (Å²) in [5.74, 6) is -1.64. The van der Waals surface area contributed by atoms with Crippen molar-refractivity contribution in [3.05, 3.63) is 85.7 Å². The van der Waals surface area contributed by atoms with Crippen LogP contribution in [0.5, 0.6) is 5.75 Å². The molecule has 0 spiro atoms. The molecule has 1 amide bonds. The Bertz CT molecular complexity index is 1450. The van der Waals surface area contributed by atoms with Crippen LogP contribution in [0.15, 0.2) is 53.6 Å². The van der Waals surface area contributed by atoms with Crippen molar-refractivity contribution in [2.45, 2.75) is 13.5 Å². The number of hydrogen-bond donors (Lipinski definition) is 2. The van der Waals surface area contributed by atoms with Crippen LogP contribution in [-0.2, 0) is 6.54 Å². The number of benzene rings is 2. The number of nitrogens with one attached hydrogen (secondary N) is 1. The van der Waals surface area contributed by atoms with E-state index in [1.54, 1.807) is 6.92 Å². The fourth-order valence-electron chi connectivity index (χ4n) is 3.43. The van der Waals surface area contributed by atoms with Gasteiger partial charge in [0, 0.05) is 6.07 Å². The second-order valence-corrected chi connectivity index (χ2v) is 8.60. The Morgan fingerprint density at radius 1 is 1.24 bits per heavy atom. The lowest BCUT2D eigenvalue weighted by Crippen LogP contribution is -2.21. The zero-order valence-corrected chi connectivity index (χ0v) is 19.2. The highest BCUT2D eigenvalue weighted by Crippen LogP contribution is 2.33. The number of carboxylic acids is 1. The lowest BCUT2D eigenvalue weighted by molar-refractivity contribution is 0.0693. The maximum atomic E-state index is 13.1. The van der Waals surface area contributed by atoms with Crippen molar-refractivity contribution in [2.24, 2.45) is 0 Å². The van der Waals surface area contributed by atoms with Crippen LogP contribution in [-0.4, -0.2) is 33.6 Å². The Hall–Kier alpha value is -3.69. The summed E-state index contributed by atoms with van der Waals surface area (Å²) in [5, 5.41) is 12.4. The molecular weight excluding hydrogens is 466 g/mol. The first-order chi connectivity index (χ1) is 15.8. The molecule has 10 heteroatoms. The summed E-state index contributed by atoms with van der Waals surface area (Å²) in [6.45, 7) is 2.06. The number of carbonyl (C=O) groups excluding carboxylic acids is 1. The number of nitrogens with zero attached hydrogens (tertiary/aromatic N) is 2. The van der Waals surface area contributed by atoms with Crippen molar-refractivity contribution in [3.8, 4) is 5.75 Å². The molecule has 0 saturated carbocycles. The van der Waals surface area contributed by atoms with Gasteiger partial charge in [-0.15, -0.1) is 11.3 Å². The topological polar surface area (TPSA) is 111 Å². The van der Waals surface area contributed by atoms with Crippen LogP contribution in [0.2, 0.25) is 5.02 Å². The van der Waals surface area contributed by atoms with Gasteiger partial charge in [0.25, 0.3) is 11.5 Å². The van der Waals surface area contributed by atoms with Gasteiger partial charge in [-0.05, 0) is 24.1 Å². The summed E-state index contributed by atoms with van der Waals surface area (Å²) in [6.07, 6.45) is 1.47. The van der Waals surface area contributed by atoms with Crippen LogP contribution in [0.4, 0.5) is 5.69 Å². The number of aryl methyl sites for hydroxylation is 1. The molecule has 168 valence electrons. The summed E-state index contributed by atoms with van der Waals surface area (Å²) in [5.41, 5.74) is 1.30. The summed E-state index contributed by atoms with van der Waals surface area (Å²) >= 11 is 7.28. The molecule has 0 aliphatic rings. The van der Waals surface area contributed by atoms with E-state index in [4.69, 9.17) is 16.3 Å². The molecule has 8 nitrogen and oxygen atoms in total. The number of carboxylic acid groups (broad SMARTS) is 1. The molecule has 0 bridgehead atoms. The SMILES string of the molecule is COc1cc(NC(=O)c2sc3ncn(Cc4ccccc4)c(=O)c3c2C)c(Cl)cc1C(=O)O. The van der Waals surface area contributed by atoms with Crippen LogP contribution in [0.1, 0.15) is 31.2 Å². The van der Waals surface area contributed by atoms with Gasteiger partial charge in [0.1, 0.15) is 16.1 Å². The van der Waals surface area contributed by atoms with Gasteiger partial charge in [-0.25, -0.2) is 9.78 Å². The van der Waals surface area contributed by atoms with Crippen molar-refractivity contribution in [1.29, 1.82) is 0 Å². The second kappa shape index (κ2) is 9.05. The number of carbonyl (C=O) groups is 2. The molecule has 0 atom stereocenters. The third-order valence-electron chi connectivity index (χ3n) is 5.09. The molecule has 0 saturated heterocycles. The number of amides is 1. The largest absolute Gasteiger partial charge is 0.496 e. The van der Waals surface area contributed by atoms with E-state index in [0.29, 0.717) is 27.2 Å². The van der Waals surface area contributed by atoms with E-state index >= 15 is 0 Å². The molecular formula is C23H18ClN3O5S. The van der Waals surface area contributed by atoms with Crippen LogP contribution in [0, 0.1) is 6.92 Å². The molecule has 0 radical (unpaired) electrons. The van der Waals surface area contributed by atoms with Gasteiger partial charge in [0.2, 0.25) is 0 Å². The van der Waals surface area contributed by atoms with Crippen molar-refractivity contribution >= 4 is 50.7 Å². The quantitative estimate of drug-likeness (QED) is 0.420. The number of anilines is 1. The van der Waals surface area contributed by atoms with Gasteiger partial charge in [-0.1, -0.05) is 41.9 Å². The predicted octanol–water partition coefficient (Wildman–Crippen LogP) is 4.43. The highest BCUT2D eigenvalue weighted by Gasteiger charge is 2.22. The van der Waals surface area contributed by atoms with Crippen molar-refractivity contribution in [3.63, 3.8) is 0 Å². The van der Waals surface area contributed by atoms with Gasteiger partial charge in [-0.3, -0.25) is 14.2 Å². The van der Waals surface area contributed by atoms with E-state index in [1.807, 2.05) is 30.3 Å². The number of methoxy groups -OCH3 is 1. The zero-order chi connectivity index (χ0) is 23.7. The maximum absolute atomic E-state index is 13.1. The fourth-order valence-corrected chi connectivity index (χ4v) is 4.68. The fraction of sp³-hybridized carbons (Fsp3) is 0.130. The molecule has 0 unspecified atom stereocenters. The molecule has 33 heavy (non-hydrogen) atoms. The average Bonchev–Trinajstić information content (AvgIpc) is 3.14. The molecule has 2 heterocycles. The Morgan fingerprint density at radius 3 is 2.64 bits per heavy atom. The second-order valence-electron chi connectivity index (χ2n) is 7.19. The maximum Gasteiger partial charge on any atom is 0.339 e. The first-order valence-corrected chi connectivity index (χ1v) is 10.9. The van der Waals surface area contributed by atoms with Crippen LogP contribution < -0.4 is 15.6 Å². The molecule has 2 aromatic heterocycles. The predicted molar refractivity (Wildman–Crippen MR) is 127 cm³/mol. The Labute approximate surface area is 197 Å². The Balaban J connectivity index is 1.68. The number of ether oxygens (including phenoxy) is 1. The van der Waals surface area contributed by atoms with Gasteiger partial charge < -0.3 is 15.2 Å². The minimum atomic E-state index is -1.20. The molecule has 0 fully saturated rings. The summed E-state index contributed by atoms with van der Waals surface area (Å²) in [4.78, 5) is 42.6. The summed E-state index contributed by atoms with van der Waals surface area (Å²) in [7, 11) is 1.32. The molecule has 2 N–H and O–H groups in total. The number of aromatic nitrogens is 2. The molecule has 4 aromatic rings. The van der Waals surface area contributed by atoms with E-state index < -0.39 is 11.9 Å². The standard InChI is InChI=1S/C23H18ClN3O5S/c1-12-18-21(25-11-27(22(18)29)10-13-6-4-3-5-7-13)33-19(12)20(28)26-16-9-17(32-2)14(23(30)31)8-15(16)24/h3-9,11H,10H2,1-2H3,(H,26,28)(H,30,31). The number of fused-ring (bicyclic) bond motifs is 1. The normalized spacial score (nSPS) is 10.9. The smallest absolute Gasteiger partial charge is 0.339 e. The third kappa shape index (κ3) is 4.33. The molecule has 0 aliphatic heterocycles.